The van der Waals surface area contributed by atoms with Crippen LogP contribution in [0.1, 0.15) is 24.7 Å². The van der Waals surface area contributed by atoms with Crippen LogP contribution in [0.3, 0.4) is 0 Å². The molecule has 0 atom stereocenters. The Balaban J connectivity index is 1.45. The molecule has 0 radical (unpaired) electrons. The lowest BCUT2D eigenvalue weighted by molar-refractivity contribution is 0.669. The number of nitrogens with zero attached hydrogens (tertiary/aromatic N) is 5. The quantitative estimate of drug-likeness (QED) is 0.538. The van der Waals surface area contributed by atoms with Gasteiger partial charge in [-0.15, -0.1) is 10.2 Å². The van der Waals surface area contributed by atoms with Crippen molar-refractivity contribution in [3.05, 3.63) is 65.0 Å². The molecule has 1 aliphatic rings. The van der Waals surface area contributed by atoms with E-state index in [0.717, 1.165) is 29.4 Å². The zero-order valence-corrected chi connectivity index (χ0v) is 15.2. The van der Waals surface area contributed by atoms with Gasteiger partial charge in [-0.05, 0) is 37.1 Å². The number of aromatic amines is 1. The number of rotatable bonds is 5. The average molecular weight is 376 g/mol. The number of aromatic nitrogens is 6. The Morgan fingerprint density at radius 1 is 1.15 bits per heavy atom. The topological polar surface area (TPSA) is 89.4 Å². The summed E-state index contributed by atoms with van der Waals surface area (Å²) in [7, 11) is 0. The van der Waals surface area contributed by atoms with Gasteiger partial charge in [0.1, 0.15) is 5.82 Å². The molecule has 3 heterocycles. The summed E-state index contributed by atoms with van der Waals surface area (Å²) in [6.07, 6.45) is 5.81. The van der Waals surface area contributed by atoms with Crippen LogP contribution in [0.15, 0.2) is 58.7 Å². The first-order valence-electron chi connectivity index (χ1n) is 8.75. The van der Waals surface area contributed by atoms with Crippen molar-refractivity contribution >= 4 is 22.7 Å². The predicted octanol–water partition coefficient (Wildman–Crippen LogP) is 3.20. The summed E-state index contributed by atoms with van der Waals surface area (Å²) >= 11 is 1.54. The fourth-order valence-electron chi connectivity index (χ4n) is 3.07. The first kappa shape index (κ1) is 16.2. The summed E-state index contributed by atoms with van der Waals surface area (Å²) in [4.78, 5) is 23.9. The number of H-pyrrole nitrogens is 1. The second kappa shape index (κ2) is 6.62. The first-order chi connectivity index (χ1) is 13.3. The summed E-state index contributed by atoms with van der Waals surface area (Å²) in [6.45, 7) is 0. The molecular weight excluding hydrogens is 360 g/mol. The van der Waals surface area contributed by atoms with Gasteiger partial charge < -0.3 is 4.98 Å². The van der Waals surface area contributed by atoms with Crippen LogP contribution in [0.2, 0.25) is 0 Å². The molecule has 3 aromatic heterocycles. The largest absolute Gasteiger partial charge is 0.309 e. The molecule has 8 heteroatoms. The molecule has 7 nitrogen and oxygen atoms in total. The highest BCUT2D eigenvalue weighted by Gasteiger charge is 2.30. The normalized spacial score (nSPS) is 13.9. The third kappa shape index (κ3) is 3.12. The van der Waals surface area contributed by atoms with Gasteiger partial charge in [-0.25, -0.2) is 4.98 Å². The molecule has 1 saturated carbocycles. The highest BCUT2D eigenvalue weighted by atomic mass is 32.2. The van der Waals surface area contributed by atoms with Crippen LogP contribution in [-0.4, -0.2) is 29.7 Å². The number of para-hydroxylation sites is 1. The van der Waals surface area contributed by atoms with Gasteiger partial charge in [0.2, 0.25) is 0 Å². The summed E-state index contributed by atoms with van der Waals surface area (Å²) in [6, 6.07) is 11.7. The lowest BCUT2D eigenvalue weighted by Crippen LogP contribution is -2.11. The van der Waals surface area contributed by atoms with E-state index in [2.05, 4.69) is 29.7 Å². The van der Waals surface area contributed by atoms with Crippen molar-refractivity contribution < 1.29 is 0 Å². The van der Waals surface area contributed by atoms with Crippen LogP contribution < -0.4 is 5.56 Å². The molecule has 0 aliphatic heterocycles. The smallest absolute Gasteiger partial charge is 0.258 e. The molecule has 0 amide bonds. The van der Waals surface area contributed by atoms with Crippen LogP contribution in [-0.2, 0) is 5.75 Å². The van der Waals surface area contributed by atoms with Gasteiger partial charge in [0.25, 0.3) is 5.56 Å². The maximum Gasteiger partial charge on any atom is 0.258 e. The number of pyridine rings is 1. The molecule has 1 N–H and O–H groups in total. The van der Waals surface area contributed by atoms with E-state index < -0.39 is 0 Å². The molecule has 0 unspecified atom stereocenters. The number of thioether (sulfide) groups is 1. The molecular formula is C19H16N6OS. The van der Waals surface area contributed by atoms with E-state index in [1.165, 1.54) is 11.8 Å². The number of hydrogen-bond acceptors (Lipinski definition) is 6. The Hall–Kier alpha value is -3.00. The van der Waals surface area contributed by atoms with Crippen molar-refractivity contribution in [1.29, 1.82) is 0 Å². The van der Waals surface area contributed by atoms with E-state index in [1.54, 1.807) is 18.5 Å². The Bertz CT molecular complexity index is 1170. The van der Waals surface area contributed by atoms with E-state index in [4.69, 9.17) is 0 Å². The van der Waals surface area contributed by atoms with Gasteiger partial charge in [-0.2, -0.15) is 0 Å². The van der Waals surface area contributed by atoms with Gasteiger partial charge in [0.15, 0.2) is 11.0 Å². The minimum atomic E-state index is -0.115. The highest BCUT2D eigenvalue weighted by Crippen LogP contribution is 2.41. The van der Waals surface area contributed by atoms with Crippen LogP contribution in [0.4, 0.5) is 0 Å². The molecule has 27 heavy (non-hydrogen) atoms. The molecule has 134 valence electrons. The number of fused-ring (bicyclic) bond motifs is 1. The minimum Gasteiger partial charge on any atom is -0.309 e. The third-order valence-electron chi connectivity index (χ3n) is 4.50. The summed E-state index contributed by atoms with van der Waals surface area (Å²) < 4.78 is 2.18. The molecule has 0 spiro atoms. The number of nitrogens with one attached hydrogen (secondary N) is 1. The lowest BCUT2D eigenvalue weighted by atomic mass is 10.2. The molecule has 5 rings (SSSR count). The highest BCUT2D eigenvalue weighted by molar-refractivity contribution is 7.98. The van der Waals surface area contributed by atoms with E-state index >= 15 is 0 Å². The standard InChI is InChI=1S/C19H16N6OS/c26-18-14-5-1-2-6-15(14)21-16(22-18)11-27-19-24-23-17(25(19)13-7-8-13)12-4-3-9-20-10-12/h1-6,9-10,13H,7-8,11H2,(H,21,22,26). The van der Waals surface area contributed by atoms with Crippen molar-refractivity contribution in [1.82, 2.24) is 29.7 Å². The summed E-state index contributed by atoms with van der Waals surface area (Å²) in [5.74, 6) is 2.00. The molecule has 1 aromatic carbocycles. The Labute approximate surface area is 158 Å². The fourth-order valence-corrected chi connectivity index (χ4v) is 3.94. The van der Waals surface area contributed by atoms with Crippen molar-refractivity contribution in [2.45, 2.75) is 29.8 Å². The van der Waals surface area contributed by atoms with Gasteiger partial charge in [0.05, 0.1) is 16.7 Å². The predicted molar refractivity (Wildman–Crippen MR) is 103 cm³/mol. The first-order valence-corrected chi connectivity index (χ1v) is 9.74. The van der Waals surface area contributed by atoms with E-state index in [-0.39, 0.29) is 5.56 Å². The Morgan fingerprint density at radius 3 is 2.85 bits per heavy atom. The molecule has 1 aliphatic carbocycles. The summed E-state index contributed by atoms with van der Waals surface area (Å²) in [5.41, 5.74) is 1.55. The fraction of sp³-hybridized carbons (Fsp3) is 0.211. The van der Waals surface area contributed by atoms with Crippen LogP contribution in [0.25, 0.3) is 22.3 Å². The zero-order valence-electron chi connectivity index (χ0n) is 14.4. The Morgan fingerprint density at radius 2 is 2.04 bits per heavy atom. The van der Waals surface area contributed by atoms with Crippen LogP contribution in [0, 0.1) is 0 Å². The van der Waals surface area contributed by atoms with E-state index in [1.807, 2.05) is 30.3 Å². The van der Waals surface area contributed by atoms with Gasteiger partial charge in [-0.1, -0.05) is 23.9 Å². The van der Waals surface area contributed by atoms with Crippen LogP contribution >= 0.6 is 11.8 Å². The maximum absolute atomic E-state index is 12.2. The number of hydrogen-bond donors (Lipinski definition) is 1. The lowest BCUT2D eigenvalue weighted by Gasteiger charge is -2.08. The van der Waals surface area contributed by atoms with E-state index in [0.29, 0.717) is 28.5 Å². The SMILES string of the molecule is O=c1[nH]c(CSc2nnc(-c3cccnc3)n2C2CC2)nc2ccccc12. The zero-order chi connectivity index (χ0) is 18.2. The van der Waals surface area contributed by atoms with Crippen LogP contribution in [0.5, 0.6) is 0 Å². The second-order valence-corrected chi connectivity index (χ2v) is 7.41. The van der Waals surface area contributed by atoms with Gasteiger partial charge >= 0.3 is 0 Å². The molecule has 0 saturated heterocycles. The number of benzene rings is 1. The third-order valence-corrected chi connectivity index (χ3v) is 5.45. The van der Waals surface area contributed by atoms with Crippen molar-refractivity contribution in [3.63, 3.8) is 0 Å². The van der Waals surface area contributed by atoms with Crippen molar-refractivity contribution in [2.24, 2.45) is 0 Å². The van der Waals surface area contributed by atoms with E-state index in [9.17, 15) is 4.79 Å². The minimum absolute atomic E-state index is 0.115. The Kier molecular flexibility index (Phi) is 3.97. The maximum atomic E-state index is 12.2. The summed E-state index contributed by atoms with van der Waals surface area (Å²) in [5, 5.41) is 10.2. The van der Waals surface area contributed by atoms with Gasteiger partial charge in [-0.3, -0.25) is 14.3 Å². The second-order valence-electron chi connectivity index (χ2n) is 6.47. The van der Waals surface area contributed by atoms with Crippen molar-refractivity contribution in [3.8, 4) is 11.4 Å². The van der Waals surface area contributed by atoms with Crippen molar-refractivity contribution in [2.75, 3.05) is 0 Å². The van der Waals surface area contributed by atoms with Gasteiger partial charge in [0, 0.05) is 24.0 Å². The molecule has 0 bridgehead atoms. The average Bonchev–Trinajstić information content (AvgIpc) is 3.46. The molecule has 1 fully saturated rings. The monoisotopic (exact) mass is 376 g/mol. The molecule has 4 aromatic rings.